The molecule has 5 unspecified atom stereocenters. The van der Waals surface area contributed by atoms with Crippen LogP contribution in [0.15, 0.2) is 60.7 Å². The summed E-state index contributed by atoms with van der Waals surface area (Å²) in [6.45, 7) is 7.32. The van der Waals surface area contributed by atoms with Crippen LogP contribution < -0.4 is 0 Å². The topological polar surface area (TPSA) is 65.0 Å². The normalized spacial score (nSPS) is 23.8. The molecule has 1 aliphatic heterocycles. The summed E-state index contributed by atoms with van der Waals surface area (Å²) < 4.78 is 27.5. The lowest BCUT2D eigenvalue weighted by atomic mass is 10.0. The van der Waals surface area contributed by atoms with Crippen molar-refractivity contribution in [2.75, 3.05) is 6.61 Å². The van der Waals surface area contributed by atoms with Crippen LogP contribution >= 0.6 is 22.6 Å². The first-order valence-corrected chi connectivity index (χ1v) is 13.4. The van der Waals surface area contributed by atoms with Crippen molar-refractivity contribution in [3.8, 4) is 0 Å². The zero-order chi connectivity index (χ0) is 23.1. The molecule has 1 saturated heterocycles. The number of benzene rings is 2. The van der Waals surface area contributed by atoms with Gasteiger partial charge >= 0.3 is 0 Å². The highest BCUT2D eigenvalue weighted by atomic mass is 127. The molecule has 0 aromatic heterocycles. The molecule has 1 fully saturated rings. The first-order valence-electron chi connectivity index (χ1n) is 11.1. The van der Waals surface area contributed by atoms with Gasteiger partial charge < -0.3 is 19.1 Å². The van der Waals surface area contributed by atoms with Gasteiger partial charge in [0.15, 0.2) is 6.29 Å². The second-order valence-electron chi connectivity index (χ2n) is 9.15. The number of hydrogen-bond donors (Lipinski definition) is 1. The minimum Gasteiger partial charge on any atom is -0.597 e. The molecule has 2 aromatic carbocycles. The highest BCUT2D eigenvalue weighted by Gasteiger charge is 2.44. The molecule has 3 rings (SSSR count). The largest absolute Gasteiger partial charge is 0.597 e. The van der Waals surface area contributed by atoms with E-state index >= 15 is 0 Å². The highest BCUT2D eigenvalue weighted by Crippen LogP contribution is 2.32. The molecule has 7 heteroatoms. The molecule has 1 aliphatic rings. The molecule has 176 valence electrons. The smallest absolute Gasteiger partial charge is 0.166 e. The van der Waals surface area contributed by atoms with E-state index < -0.39 is 22.4 Å². The van der Waals surface area contributed by atoms with E-state index in [0.717, 1.165) is 24.0 Å². The number of aliphatic hydroxyl groups is 1. The minimum absolute atomic E-state index is 0.0606. The number of rotatable bonds is 9. The van der Waals surface area contributed by atoms with Gasteiger partial charge in [-0.05, 0) is 44.7 Å². The molecular weight excluding hydrogens is 537 g/mol. The number of aliphatic hydroxyl groups excluding tert-OH is 1. The predicted molar refractivity (Wildman–Crippen MR) is 138 cm³/mol. The van der Waals surface area contributed by atoms with Crippen molar-refractivity contribution >= 4 is 34.0 Å². The average molecular weight is 572 g/mol. The molecule has 0 aliphatic carbocycles. The predicted octanol–water partition coefficient (Wildman–Crippen LogP) is 4.84. The molecule has 0 radical (unpaired) electrons. The second kappa shape index (κ2) is 12.1. The zero-order valence-corrected chi connectivity index (χ0v) is 22.0. The zero-order valence-electron chi connectivity index (χ0n) is 19.0. The van der Waals surface area contributed by atoms with Crippen LogP contribution in [0.25, 0.3) is 0 Å². The minimum atomic E-state index is -1.29. The Hall–Kier alpha value is -0.680. The number of nitrogens with zero attached hydrogens (tertiary/aromatic N) is 1. The maximum Gasteiger partial charge on any atom is 0.166 e. The van der Waals surface area contributed by atoms with Gasteiger partial charge in [0.2, 0.25) is 0 Å². The third-order valence-electron chi connectivity index (χ3n) is 5.47. The third-order valence-corrected chi connectivity index (χ3v) is 8.58. The van der Waals surface area contributed by atoms with Gasteiger partial charge in [-0.25, -0.2) is 0 Å². The van der Waals surface area contributed by atoms with Gasteiger partial charge in [0.1, 0.15) is 10.8 Å². The molecule has 0 spiro atoms. The summed E-state index contributed by atoms with van der Waals surface area (Å²) >= 11 is 0.950. The summed E-state index contributed by atoms with van der Waals surface area (Å²) in [4.78, 5) is 0. The second-order valence-corrected chi connectivity index (χ2v) is 12.9. The van der Waals surface area contributed by atoms with Crippen molar-refractivity contribution in [1.82, 2.24) is 4.31 Å². The molecule has 0 amide bonds. The molecule has 2 aromatic rings. The van der Waals surface area contributed by atoms with Crippen molar-refractivity contribution in [3.05, 3.63) is 71.8 Å². The summed E-state index contributed by atoms with van der Waals surface area (Å²) in [5.41, 5.74) is 2.18. The highest BCUT2D eigenvalue weighted by molar-refractivity contribution is 14.1. The quantitative estimate of drug-likeness (QED) is 0.265. The molecule has 1 N–H and O–H groups in total. The van der Waals surface area contributed by atoms with Crippen LogP contribution in [0.4, 0.5) is 0 Å². The maximum absolute atomic E-state index is 13.7. The Labute approximate surface area is 208 Å². The van der Waals surface area contributed by atoms with E-state index in [1.807, 2.05) is 85.7 Å². The Morgan fingerprint density at radius 1 is 1.09 bits per heavy atom. The van der Waals surface area contributed by atoms with Crippen molar-refractivity contribution < 1.29 is 19.1 Å². The van der Waals surface area contributed by atoms with Crippen LogP contribution in [0.3, 0.4) is 0 Å². The third kappa shape index (κ3) is 7.41. The van der Waals surface area contributed by atoms with Gasteiger partial charge in [0.25, 0.3) is 0 Å². The molecule has 0 saturated carbocycles. The summed E-state index contributed by atoms with van der Waals surface area (Å²) in [7, 11) is 0. The van der Waals surface area contributed by atoms with Crippen molar-refractivity contribution in [3.63, 3.8) is 0 Å². The Morgan fingerprint density at radius 3 is 2.25 bits per heavy atom. The Bertz CT molecular complexity index is 805. The molecular formula is C25H34INO4S. The van der Waals surface area contributed by atoms with Crippen LogP contribution in [-0.4, -0.2) is 47.7 Å². The summed E-state index contributed by atoms with van der Waals surface area (Å²) in [5, 5.41) is 10.4. The van der Waals surface area contributed by atoms with E-state index in [0.29, 0.717) is 19.8 Å². The van der Waals surface area contributed by atoms with Gasteiger partial charge in [-0.15, -0.1) is 4.31 Å². The van der Waals surface area contributed by atoms with E-state index in [1.165, 1.54) is 0 Å². The van der Waals surface area contributed by atoms with E-state index in [4.69, 9.17) is 9.47 Å². The Kier molecular flexibility index (Phi) is 9.85. The van der Waals surface area contributed by atoms with Crippen LogP contribution in [0.5, 0.6) is 0 Å². The van der Waals surface area contributed by atoms with Crippen molar-refractivity contribution in [2.45, 2.75) is 73.9 Å². The number of ether oxygens (including phenoxy) is 2. The van der Waals surface area contributed by atoms with E-state index in [-0.39, 0.29) is 16.1 Å². The van der Waals surface area contributed by atoms with Crippen LogP contribution in [-0.2, 0) is 34.0 Å². The van der Waals surface area contributed by atoms with Gasteiger partial charge in [-0.1, -0.05) is 83.3 Å². The lowest BCUT2D eigenvalue weighted by molar-refractivity contribution is -0.175. The van der Waals surface area contributed by atoms with Gasteiger partial charge in [-0.2, -0.15) is 0 Å². The van der Waals surface area contributed by atoms with E-state index in [9.17, 15) is 9.66 Å². The first-order chi connectivity index (χ1) is 15.3. The lowest BCUT2D eigenvalue weighted by Crippen LogP contribution is -2.56. The molecule has 0 bridgehead atoms. The molecule has 32 heavy (non-hydrogen) atoms. The summed E-state index contributed by atoms with van der Waals surface area (Å²) in [6.07, 6.45) is 0.550. The average Bonchev–Trinajstić information content (AvgIpc) is 2.78. The van der Waals surface area contributed by atoms with Gasteiger partial charge in [0.05, 0.1) is 29.8 Å². The number of hydrogen-bond acceptors (Lipinski definition) is 5. The van der Waals surface area contributed by atoms with Crippen molar-refractivity contribution in [1.29, 1.82) is 0 Å². The fourth-order valence-corrected chi connectivity index (χ4v) is 5.68. The molecule has 1 heterocycles. The molecule has 5 atom stereocenters. The fourth-order valence-electron chi connectivity index (χ4n) is 3.74. The fraction of sp³-hybridized carbons (Fsp3) is 0.520. The van der Waals surface area contributed by atoms with E-state index in [2.05, 4.69) is 22.6 Å². The maximum atomic E-state index is 13.7. The summed E-state index contributed by atoms with van der Waals surface area (Å²) in [5.74, 6) is 0. The van der Waals surface area contributed by atoms with E-state index in [1.54, 1.807) is 0 Å². The number of alkyl halides is 1. The molecule has 5 nitrogen and oxygen atoms in total. The Balaban J connectivity index is 1.84. The number of halogens is 1. The van der Waals surface area contributed by atoms with Crippen molar-refractivity contribution in [2.24, 2.45) is 0 Å². The van der Waals surface area contributed by atoms with Crippen LogP contribution in [0.1, 0.15) is 44.7 Å². The first kappa shape index (κ1) is 25.9. The Morgan fingerprint density at radius 2 is 1.69 bits per heavy atom. The SMILES string of the molecule is CC(C)(C)[S+]([O-])N(Cc1ccccc1)C(COCc1ccccc1)C1CCC(I)C(O)O1. The van der Waals surface area contributed by atoms with Crippen LogP contribution in [0, 0.1) is 0 Å². The van der Waals surface area contributed by atoms with Gasteiger partial charge in [0, 0.05) is 11.4 Å². The summed E-state index contributed by atoms with van der Waals surface area (Å²) in [6, 6.07) is 19.9. The van der Waals surface area contributed by atoms with Crippen LogP contribution in [0.2, 0.25) is 0 Å². The monoisotopic (exact) mass is 571 g/mol. The standard InChI is InChI=1S/C25H34INO4S/c1-25(2,3)32(29)27(16-19-10-6-4-7-11-19)22(23-15-14-21(26)24(28)31-23)18-30-17-20-12-8-5-9-13-20/h4-13,21-24,28H,14-18H2,1-3H3. The van der Waals surface area contributed by atoms with Gasteiger partial charge in [-0.3, -0.25) is 0 Å². The lowest BCUT2D eigenvalue weighted by Gasteiger charge is -2.42.